The van der Waals surface area contributed by atoms with Crippen molar-refractivity contribution in [2.45, 2.75) is 19.8 Å². The summed E-state index contributed by atoms with van der Waals surface area (Å²) in [6.45, 7) is 2.00. The van der Waals surface area contributed by atoms with E-state index in [-0.39, 0.29) is 18.2 Å². The second kappa shape index (κ2) is 10.0. The predicted octanol–water partition coefficient (Wildman–Crippen LogP) is 3.86. The molecule has 2 amide bonds. The number of fused-ring (bicyclic) bond motifs is 1. The van der Waals surface area contributed by atoms with Gasteiger partial charge in [-0.15, -0.1) is 0 Å². The van der Waals surface area contributed by atoms with E-state index in [0.717, 1.165) is 17.5 Å². The molecule has 3 N–H and O–H groups in total. The molecule has 4 rings (SSSR count). The molecule has 0 fully saturated rings. The number of H-pyrrole nitrogens is 1. The van der Waals surface area contributed by atoms with Crippen LogP contribution in [0.5, 0.6) is 17.2 Å². The van der Waals surface area contributed by atoms with Gasteiger partial charge in [-0.25, -0.2) is 0 Å². The summed E-state index contributed by atoms with van der Waals surface area (Å²) in [4.78, 5) is 28.7. The highest BCUT2D eigenvalue weighted by molar-refractivity contribution is 5.98. The molecule has 0 atom stereocenters. The maximum Gasteiger partial charge on any atom is 0.251 e. The molecular formula is C25H25N5O4. The lowest BCUT2D eigenvalue weighted by molar-refractivity contribution is -0.115. The largest absolute Gasteiger partial charge is 0.496 e. The Hall–Kier alpha value is -4.40. The highest BCUT2D eigenvalue weighted by Crippen LogP contribution is 2.32. The van der Waals surface area contributed by atoms with Crippen LogP contribution in [-0.4, -0.2) is 41.2 Å². The summed E-state index contributed by atoms with van der Waals surface area (Å²) in [5, 5.41) is 13.1. The third-order valence-electron chi connectivity index (χ3n) is 5.31. The number of amides is 2. The minimum Gasteiger partial charge on any atom is -0.496 e. The average Bonchev–Trinajstić information content (AvgIpc) is 3.31. The minimum atomic E-state index is -0.201. The molecule has 2 heterocycles. The standard InChI is InChI=1S/C25H25N5O4/c1-4-17-13-23(30-29-17)28-24(31)12-15-5-7-18(14-22(15)33-3)34-21-9-10-27-20-11-16(25(32)26-2)6-8-19(20)21/h5-11,13-14H,4,12H2,1-3H3,(H,26,32)(H2,28,29,30,31). The van der Waals surface area contributed by atoms with Crippen LogP contribution in [0.1, 0.15) is 28.5 Å². The Morgan fingerprint density at radius 3 is 2.65 bits per heavy atom. The van der Waals surface area contributed by atoms with Gasteiger partial charge in [-0.3, -0.25) is 19.7 Å². The number of hydrogen-bond donors (Lipinski definition) is 3. The Morgan fingerprint density at radius 1 is 1.06 bits per heavy atom. The van der Waals surface area contributed by atoms with E-state index in [1.54, 1.807) is 62.8 Å². The van der Waals surface area contributed by atoms with Crippen LogP contribution in [0.3, 0.4) is 0 Å². The van der Waals surface area contributed by atoms with E-state index in [2.05, 4.69) is 25.8 Å². The third kappa shape index (κ3) is 4.98. The van der Waals surface area contributed by atoms with Crippen molar-refractivity contribution in [3.8, 4) is 17.2 Å². The number of aryl methyl sites for hydroxylation is 1. The minimum absolute atomic E-state index is 0.123. The zero-order valence-corrected chi connectivity index (χ0v) is 19.1. The van der Waals surface area contributed by atoms with Gasteiger partial charge < -0.3 is 20.1 Å². The molecule has 2 aromatic carbocycles. The number of carbonyl (C=O) groups excluding carboxylic acids is 2. The van der Waals surface area contributed by atoms with E-state index < -0.39 is 0 Å². The van der Waals surface area contributed by atoms with Crippen molar-refractivity contribution in [1.29, 1.82) is 0 Å². The van der Waals surface area contributed by atoms with Gasteiger partial charge >= 0.3 is 0 Å². The number of pyridine rings is 1. The van der Waals surface area contributed by atoms with Crippen LogP contribution in [-0.2, 0) is 17.6 Å². The molecule has 9 heteroatoms. The van der Waals surface area contributed by atoms with Crippen molar-refractivity contribution in [3.05, 3.63) is 71.5 Å². The highest BCUT2D eigenvalue weighted by Gasteiger charge is 2.14. The van der Waals surface area contributed by atoms with Crippen molar-refractivity contribution >= 4 is 28.5 Å². The van der Waals surface area contributed by atoms with Crippen molar-refractivity contribution in [3.63, 3.8) is 0 Å². The highest BCUT2D eigenvalue weighted by atomic mass is 16.5. The average molecular weight is 460 g/mol. The maximum absolute atomic E-state index is 12.5. The topological polar surface area (TPSA) is 118 Å². The van der Waals surface area contributed by atoms with E-state index >= 15 is 0 Å². The number of methoxy groups -OCH3 is 1. The second-order valence-corrected chi connectivity index (χ2v) is 7.55. The van der Waals surface area contributed by atoms with Gasteiger partial charge in [-0.05, 0) is 36.8 Å². The van der Waals surface area contributed by atoms with Gasteiger partial charge in [0.05, 0.1) is 19.0 Å². The lowest BCUT2D eigenvalue weighted by atomic mass is 10.1. The summed E-state index contributed by atoms with van der Waals surface area (Å²) < 4.78 is 11.6. The predicted molar refractivity (Wildman–Crippen MR) is 129 cm³/mol. The molecule has 4 aromatic rings. The van der Waals surface area contributed by atoms with Crippen LogP contribution < -0.4 is 20.1 Å². The number of rotatable bonds is 8. The Labute approximate surface area is 196 Å². The van der Waals surface area contributed by atoms with E-state index in [9.17, 15) is 9.59 Å². The summed E-state index contributed by atoms with van der Waals surface area (Å²) >= 11 is 0. The van der Waals surface area contributed by atoms with Crippen molar-refractivity contribution in [2.75, 3.05) is 19.5 Å². The van der Waals surface area contributed by atoms with Crippen LogP contribution in [0.4, 0.5) is 5.82 Å². The Morgan fingerprint density at radius 2 is 1.91 bits per heavy atom. The number of benzene rings is 2. The Kier molecular flexibility index (Phi) is 6.72. The maximum atomic E-state index is 12.5. The first kappa shape index (κ1) is 22.8. The first-order valence-corrected chi connectivity index (χ1v) is 10.8. The lowest BCUT2D eigenvalue weighted by Crippen LogP contribution is -2.17. The number of nitrogens with zero attached hydrogens (tertiary/aromatic N) is 2. The van der Waals surface area contributed by atoms with E-state index in [4.69, 9.17) is 9.47 Å². The normalized spacial score (nSPS) is 10.7. The monoisotopic (exact) mass is 459 g/mol. The lowest BCUT2D eigenvalue weighted by Gasteiger charge is -2.13. The Bertz CT molecular complexity index is 1350. The van der Waals surface area contributed by atoms with Crippen LogP contribution in [0.25, 0.3) is 10.9 Å². The summed E-state index contributed by atoms with van der Waals surface area (Å²) in [6, 6.07) is 14.1. The van der Waals surface area contributed by atoms with Gasteiger partial charge in [0.25, 0.3) is 5.91 Å². The summed E-state index contributed by atoms with van der Waals surface area (Å²) in [5.74, 6) is 1.77. The van der Waals surface area contributed by atoms with Crippen LogP contribution in [0.15, 0.2) is 54.7 Å². The molecule has 0 saturated carbocycles. The van der Waals surface area contributed by atoms with Gasteiger partial charge in [0, 0.05) is 47.6 Å². The molecule has 0 unspecified atom stereocenters. The first-order valence-electron chi connectivity index (χ1n) is 10.8. The smallest absolute Gasteiger partial charge is 0.251 e. The number of aromatic amines is 1. The van der Waals surface area contributed by atoms with Gasteiger partial charge in [-0.2, -0.15) is 5.10 Å². The summed E-state index contributed by atoms with van der Waals surface area (Å²) in [5.41, 5.74) is 2.82. The number of nitrogens with one attached hydrogen (secondary N) is 3. The molecular weight excluding hydrogens is 434 g/mol. The van der Waals surface area contributed by atoms with Crippen molar-refractivity contribution in [1.82, 2.24) is 20.5 Å². The zero-order chi connectivity index (χ0) is 24.1. The van der Waals surface area contributed by atoms with Crippen LogP contribution in [0, 0.1) is 0 Å². The Balaban J connectivity index is 1.52. The van der Waals surface area contributed by atoms with Gasteiger partial charge in [-0.1, -0.05) is 13.0 Å². The molecule has 0 bridgehead atoms. The van der Waals surface area contributed by atoms with Gasteiger partial charge in [0.15, 0.2) is 5.82 Å². The molecule has 34 heavy (non-hydrogen) atoms. The molecule has 0 aliphatic rings. The van der Waals surface area contributed by atoms with E-state index in [0.29, 0.717) is 39.7 Å². The van der Waals surface area contributed by atoms with E-state index in [1.165, 1.54) is 0 Å². The molecule has 0 saturated heterocycles. The summed E-state index contributed by atoms with van der Waals surface area (Å²) in [7, 11) is 3.13. The molecule has 2 aromatic heterocycles. The fraction of sp³-hybridized carbons (Fsp3) is 0.200. The first-order chi connectivity index (χ1) is 16.5. The van der Waals surface area contributed by atoms with Gasteiger partial charge in [0.1, 0.15) is 17.2 Å². The SMILES string of the molecule is CCc1cc(NC(=O)Cc2ccc(Oc3ccnc4cc(C(=O)NC)ccc34)cc2OC)n[nH]1. The number of carbonyl (C=O) groups is 2. The zero-order valence-electron chi connectivity index (χ0n) is 19.1. The van der Waals surface area contributed by atoms with Crippen LogP contribution in [0.2, 0.25) is 0 Å². The second-order valence-electron chi connectivity index (χ2n) is 7.55. The molecule has 0 radical (unpaired) electrons. The molecule has 0 spiro atoms. The molecule has 0 aliphatic carbocycles. The van der Waals surface area contributed by atoms with Gasteiger partial charge in [0.2, 0.25) is 5.91 Å². The van der Waals surface area contributed by atoms with E-state index in [1.807, 2.05) is 13.0 Å². The fourth-order valence-electron chi connectivity index (χ4n) is 3.52. The number of aromatic nitrogens is 3. The number of anilines is 1. The third-order valence-corrected chi connectivity index (χ3v) is 5.31. The molecule has 0 aliphatic heterocycles. The quantitative estimate of drug-likeness (QED) is 0.368. The number of hydrogen-bond acceptors (Lipinski definition) is 6. The number of ether oxygens (including phenoxy) is 2. The molecule has 174 valence electrons. The van der Waals surface area contributed by atoms with Crippen LogP contribution >= 0.6 is 0 Å². The fourth-order valence-corrected chi connectivity index (χ4v) is 3.52. The van der Waals surface area contributed by atoms with Crippen molar-refractivity contribution in [2.24, 2.45) is 0 Å². The van der Waals surface area contributed by atoms with Crippen molar-refractivity contribution < 1.29 is 19.1 Å². The summed E-state index contributed by atoms with van der Waals surface area (Å²) in [6.07, 6.45) is 2.55. The molecule has 9 nitrogen and oxygen atoms in total.